The molecule has 1 saturated heterocycles. The zero-order valence-corrected chi connectivity index (χ0v) is 44.0. The molecule has 1 aliphatic rings. The molecule has 8 atom stereocenters. The predicted molar refractivity (Wildman–Crippen MR) is 280 cm³/mol. The Labute approximate surface area is 430 Å². The van der Waals surface area contributed by atoms with E-state index in [2.05, 4.69) is 59.6 Å². The summed E-state index contributed by atoms with van der Waals surface area (Å²) in [4.78, 5) is 61.8. The lowest BCUT2D eigenvalue weighted by molar-refractivity contribution is -0.161. The number of rotatable bonds is 39. The molecule has 0 radical (unpaired) electrons. The zero-order chi connectivity index (χ0) is 53.6. The van der Waals surface area contributed by atoms with E-state index in [4.69, 9.17) is 29.0 Å². The van der Waals surface area contributed by atoms with Gasteiger partial charge in [-0.2, -0.15) is 9.29 Å². The number of ether oxygens (including phenoxy) is 3. The van der Waals surface area contributed by atoms with Crippen molar-refractivity contribution in [1.29, 1.82) is 0 Å². The molecule has 0 bridgehead atoms. The number of nitrogens with two attached hydrogens (primary N) is 1. The smallest absolute Gasteiger partial charge is 0.462 e. The average Bonchev–Trinajstić information content (AvgIpc) is 3.62. The standard InChI is InChI=1S/C52H79N3O16P2/c1-3-5-7-9-11-12-13-14-15-16-17-22-25-29-33-37-48(58)69-44(40-66-47(57)36-32-28-24-21-19-18-20-23-27-31-35-43(56)34-30-26-10-8-6-4-2)41-67-72(62,63)71-73(64,65)68-42-45-49(59)50(60)51(70-45)55-39-38-46(53)54-52(55)61/h6,8,11-12,14-15,17-19,22-24,26-28,30-31,35,38-39,43-45,49-51,56,59-60H,3-5,7,9-10,13,16,20-21,25,29,32-34,36-37,40-42H2,1-2H3,(H,62,63)(H,64,65)(H2,53,54,61)/b8-6-,12-11-,15-14-,19-18-,22-17-,27-23-,28-24-,30-26-,35-31+/t43?,44-,45-,49-,50-,51-/m1/s1. The molecular formula is C52H79N3O16P2. The van der Waals surface area contributed by atoms with E-state index in [1.165, 1.54) is 25.3 Å². The average molecular weight is 1060 g/mol. The topological polar surface area (TPSA) is 286 Å². The Morgan fingerprint density at radius 2 is 1.33 bits per heavy atom. The summed E-state index contributed by atoms with van der Waals surface area (Å²) in [5.74, 6) is -1.49. The SMILES string of the molecule is CC/C=C\C/C=C\CC(O)/C=C/C=C\C/C=C\C/C=C\CCC(=O)OC[C@H](COP(=O)(O)OP(=O)(O)OC[C@H]1O[C@@H](n2ccc(N)nc2=O)[C@H](O)[C@@H]1O)OC(=O)CCCC/C=C\C/C=C\C/C=C\CCCCC. The van der Waals surface area contributed by atoms with Gasteiger partial charge >= 0.3 is 33.3 Å². The van der Waals surface area contributed by atoms with E-state index in [-0.39, 0.29) is 18.7 Å². The Balaban J connectivity index is 1.87. The molecule has 1 aromatic heterocycles. The Bertz CT molecular complexity index is 2170. The fraction of sp³-hybridized carbons (Fsp3) is 0.538. The van der Waals surface area contributed by atoms with Crippen LogP contribution < -0.4 is 11.4 Å². The number of carbonyl (C=O) groups excluding carboxylic acids is 2. The molecule has 7 N–H and O–H groups in total. The Morgan fingerprint density at radius 3 is 1.97 bits per heavy atom. The number of carbonyl (C=O) groups is 2. The highest BCUT2D eigenvalue weighted by Gasteiger charge is 2.46. The molecule has 1 aromatic rings. The van der Waals surface area contributed by atoms with Gasteiger partial charge in [-0.05, 0) is 89.5 Å². The van der Waals surface area contributed by atoms with Crippen molar-refractivity contribution in [3.8, 4) is 0 Å². The lowest BCUT2D eigenvalue weighted by atomic mass is 10.1. The summed E-state index contributed by atoms with van der Waals surface area (Å²) in [5.41, 5.74) is 4.57. The molecule has 0 amide bonds. The molecule has 408 valence electrons. The van der Waals surface area contributed by atoms with Gasteiger partial charge in [0.05, 0.1) is 19.3 Å². The van der Waals surface area contributed by atoms with Crippen molar-refractivity contribution in [2.24, 2.45) is 0 Å². The maximum atomic E-state index is 12.8. The lowest BCUT2D eigenvalue weighted by Gasteiger charge is -2.21. The summed E-state index contributed by atoms with van der Waals surface area (Å²) in [6.45, 7) is 1.81. The van der Waals surface area contributed by atoms with Crippen LogP contribution in [-0.2, 0) is 46.3 Å². The van der Waals surface area contributed by atoms with Crippen LogP contribution in [0.3, 0.4) is 0 Å². The number of allylic oxidation sites excluding steroid dienone is 16. The number of aliphatic hydroxyl groups excluding tert-OH is 3. The molecule has 21 heteroatoms. The first-order valence-corrected chi connectivity index (χ1v) is 28.0. The monoisotopic (exact) mass is 1060 g/mol. The number of hydrogen-bond donors (Lipinski definition) is 6. The zero-order valence-electron chi connectivity index (χ0n) is 42.2. The van der Waals surface area contributed by atoms with Crippen molar-refractivity contribution in [3.63, 3.8) is 0 Å². The van der Waals surface area contributed by atoms with Gasteiger partial charge in [0.15, 0.2) is 12.3 Å². The Hall–Kier alpha value is -4.62. The first-order chi connectivity index (χ1) is 35.1. The number of hydrogen-bond acceptors (Lipinski definition) is 16. The summed E-state index contributed by atoms with van der Waals surface area (Å²) >= 11 is 0. The van der Waals surface area contributed by atoms with E-state index in [1.807, 2.05) is 60.8 Å². The molecular weight excluding hydrogens is 985 g/mol. The molecule has 19 nitrogen and oxygen atoms in total. The van der Waals surface area contributed by atoms with Crippen LogP contribution in [0.15, 0.2) is 126 Å². The van der Waals surface area contributed by atoms with Gasteiger partial charge in [0.2, 0.25) is 0 Å². The molecule has 0 saturated carbocycles. The molecule has 73 heavy (non-hydrogen) atoms. The van der Waals surface area contributed by atoms with Crippen LogP contribution in [0.5, 0.6) is 0 Å². The molecule has 1 fully saturated rings. The van der Waals surface area contributed by atoms with Crippen LogP contribution in [0, 0.1) is 0 Å². The highest BCUT2D eigenvalue weighted by Crippen LogP contribution is 2.60. The van der Waals surface area contributed by atoms with Crippen molar-refractivity contribution in [3.05, 3.63) is 132 Å². The number of phosphoric acid groups is 2. The van der Waals surface area contributed by atoms with Crippen molar-refractivity contribution in [1.82, 2.24) is 9.55 Å². The lowest BCUT2D eigenvalue weighted by Crippen LogP contribution is -2.36. The van der Waals surface area contributed by atoms with Crippen molar-refractivity contribution in [2.75, 3.05) is 25.6 Å². The van der Waals surface area contributed by atoms with Gasteiger partial charge in [0.1, 0.15) is 30.7 Å². The number of aromatic nitrogens is 2. The summed E-state index contributed by atoms with van der Waals surface area (Å²) in [6.07, 6.45) is 40.7. The maximum Gasteiger partial charge on any atom is 0.481 e. The third kappa shape index (κ3) is 31.7. The van der Waals surface area contributed by atoms with Gasteiger partial charge in [-0.3, -0.25) is 23.2 Å². The van der Waals surface area contributed by atoms with Crippen molar-refractivity contribution in [2.45, 2.75) is 160 Å². The number of phosphoric ester groups is 2. The summed E-state index contributed by atoms with van der Waals surface area (Å²) in [5, 5.41) is 30.9. The highest BCUT2D eigenvalue weighted by atomic mass is 31.3. The van der Waals surface area contributed by atoms with E-state index in [9.17, 15) is 48.6 Å². The molecule has 2 heterocycles. The van der Waals surface area contributed by atoms with Gasteiger partial charge < -0.3 is 45.1 Å². The minimum Gasteiger partial charge on any atom is -0.462 e. The first-order valence-electron chi connectivity index (χ1n) is 25.0. The van der Waals surface area contributed by atoms with E-state index in [1.54, 1.807) is 12.2 Å². The van der Waals surface area contributed by atoms with Crippen LogP contribution in [0.1, 0.15) is 129 Å². The molecule has 2 rings (SSSR count). The minimum absolute atomic E-state index is 0.0314. The van der Waals surface area contributed by atoms with Crippen LogP contribution in [-0.4, -0.2) is 96.9 Å². The van der Waals surface area contributed by atoms with Crippen LogP contribution in [0.2, 0.25) is 0 Å². The fourth-order valence-electron chi connectivity index (χ4n) is 6.55. The third-order valence-electron chi connectivity index (χ3n) is 10.4. The molecule has 0 aliphatic carbocycles. The normalized spacial score (nSPS) is 20.3. The minimum atomic E-state index is -5.46. The third-order valence-corrected chi connectivity index (χ3v) is 13.0. The van der Waals surface area contributed by atoms with Crippen molar-refractivity contribution < 1.29 is 71.4 Å². The van der Waals surface area contributed by atoms with Crippen LogP contribution in [0.25, 0.3) is 0 Å². The predicted octanol–water partition coefficient (Wildman–Crippen LogP) is 9.19. The number of esters is 2. The number of nitrogens with zero attached hydrogens (tertiary/aromatic N) is 2. The van der Waals surface area contributed by atoms with Crippen molar-refractivity contribution >= 4 is 33.4 Å². The highest BCUT2D eigenvalue weighted by molar-refractivity contribution is 7.61. The summed E-state index contributed by atoms with van der Waals surface area (Å²) in [6, 6.07) is 1.24. The molecule has 0 spiro atoms. The number of nitrogen functional groups attached to an aromatic ring is 1. The second kappa shape index (κ2) is 38.9. The van der Waals surface area contributed by atoms with E-state index < -0.39 is 89.8 Å². The largest absolute Gasteiger partial charge is 0.481 e. The van der Waals surface area contributed by atoms with E-state index >= 15 is 0 Å². The van der Waals surface area contributed by atoms with Crippen LogP contribution in [0.4, 0.5) is 5.82 Å². The van der Waals surface area contributed by atoms with Gasteiger partial charge in [-0.15, -0.1) is 0 Å². The molecule has 1 aliphatic heterocycles. The van der Waals surface area contributed by atoms with Crippen LogP contribution >= 0.6 is 15.6 Å². The van der Waals surface area contributed by atoms with E-state index in [0.29, 0.717) is 44.9 Å². The Kier molecular flexibility index (Phi) is 34.4. The quantitative estimate of drug-likeness (QED) is 0.0118. The van der Waals surface area contributed by atoms with E-state index in [0.717, 1.165) is 42.9 Å². The summed E-state index contributed by atoms with van der Waals surface area (Å²) in [7, 11) is -10.9. The fourth-order valence-corrected chi connectivity index (χ4v) is 8.66. The molecule has 0 aromatic carbocycles. The van der Waals surface area contributed by atoms with Gasteiger partial charge in [0.25, 0.3) is 0 Å². The maximum absolute atomic E-state index is 12.8. The molecule has 3 unspecified atom stereocenters. The summed E-state index contributed by atoms with van der Waals surface area (Å²) < 4.78 is 56.6. The van der Waals surface area contributed by atoms with Gasteiger partial charge in [-0.1, -0.05) is 136 Å². The first kappa shape index (κ1) is 64.5. The number of unbranched alkanes of at least 4 members (excludes halogenated alkanes) is 5. The second-order valence-corrected chi connectivity index (χ2v) is 19.8. The second-order valence-electron chi connectivity index (χ2n) is 16.8. The number of anilines is 1. The van der Waals surface area contributed by atoms with Gasteiger partial charge in [0, 0.05) is 19.0 Å². The van der Waals surface area contributed by atoms with Gasteiger partial charge in [-0.25, -0.2) is 13.9 Å². The number of aliphatic hydroxyl groups is 3. The Morgan fingerprint density at radius 1 is 0.740 bits per heavy atom.